The number of ketones is 1. The fourth-order valence-electron chi connectivity index (χ4n) is 7.00. The summed E-state index contributed by atoms with van der Waals surface area (Å²) in [5.41, 5.74) is 1.17. The van der Waals surface area contributed by atoms with E-state index in [1.165, 1.54) is 40.4 Å². The molecule has 44 heavy (non-hydrogen) atoms. The highest BCUT2D eigenvalue weighted by atomic mass is 16.5. The number of hydrogen-bond acceptors (Lipinski definition) is 11. The van der Waals surface area contributed by atoms with Crippen LogP contribution in [0.25, 0.3) is 49.2 Å². The van der Waals surface area contributed by atoms with Crippen LogP contribution >= 0.6 is 0 Å². The molecule has 11 nitrogen and oxygen atoms in total. The van der Waals surface area contributed by atoms with Gasteiger partial charge in [0, 0.05) is 63.3 Å². The Morgan fingerprint density at radius 3 is 1.84 bits per heavy atom. The summed E-state index contributed by atoms with van der Waals surface area (Å²) in [4.78, 5) is 41.2. The molecule has 0 fully saturated rings. The number of anilines is 2. The van der Waals surface area contributed by atoms with E-state index in [-0.39, 0.29) is 71.5 Å². The summed E-state index contributed by atoms with van der Waals surface area (Å²) in [5.74, 6) is -0.702. The average molecular weight is 601 g/mol. The van der Waals surface area contributed by atoms with E-state index in [0.29, 0.717) is 54.7 Å². The number of aliphatic hydroxyl groups excluding tert-OH is 2. The second kappa shape index (κ2) is 10.7. The largest absolute Gasteiger partial charge is 0.505 e. The molecule has 1 aliphatic carbocycles. The van der Waals surface area contributed by atoms with E-state index >= 15 is 0 Å². The lowest BCUT2D eigenvalue weighted by atomic mass is 9.80. The summed E-state index contributed by atoms with van der Waals surface area (Å²) in [6, 6.07) is 2.63. The lowest BCUT2D eigenvalue weighted by Gasteiger charge is -2.27. The van der Waals surface area contributed by atoms with Gasteiger partial charge in [0.1, 0.15) is 23.0 Å². The number of benzene rings is 5. The Hall–Kier alpha value is -4.87. The fourth-order valence-corrected chi connectivity index (χ4v) is 7.00. The van der Waals surface area contributed by atoms with E-state index in [1.807, 2.05) is 0 Å². The third kappa shape index (κ3) is 3.79. The predicted octanol–water partition coefficient (Wildman–Crippen LogP) is 3.52. The molecule has 1 atom stereocenters. The van der Waals surface area contributed by atoms with Crippen molar-refractivity contribution >= 4 is 66.3 Å². The lowest BCUT2D eigenvalue weighted by Crippen LogP contribution is -2.17. The average Bonchev–Trinajstić information content (AvgIpc) is 3.13. The van der Waals surface area contributed by atoms with Crippen LogP contribution in [-0.2, 0) is 4.79 Å². The molecule has 0 saturated carbocycles. The van der Waals surface area contributed by atoms with Crippen molar-refractivity contribution < 1.29 is 34.3 Å². The maximum absolute atomic E-state index is 14.0. The van der Waals surface area contributed by atoms with Crippen molar-refractivity contribution in [3.63, 3.8) is 0 Å². The number of nitrogens with one attached hydrogen (secondary N) is 2. The van der Waals surface area contributed by atoms with E-state index in [2.05, 4.69) is 10.6 Å². The first kappa shape index (κ1) is 29.2. The van der Waals surface area contributed by atoms with Gasteiger partial charge in [0.2, 0.25) is 0 Å². The van der Waals surface area contributed by atoms with Crippen molar-refractivity contribution in [1.29, 1.82) is 0 Å². The number of methoxy groups -OCH3 is 3. The first-order chi connectivity index (χ1) is 21.2. The zero-order chi connectivity index (χ0) is 31.6. The van der Waals surface area contributed by atoms with Gasteiger partial charge in [-0.15, -0.1) is 0 Å². The van der Waals surface area contributed by atoms with Crippen molar-refractivity contribution in [2.45, 2.75) is 19.8 Å². The number of carbonyl (C=O) groups excluding carboxylic acids is 1. The highest BCUT2D eigenvalue weighted by molar-refractivity contribution is 6.40. The molecule has 5 N–H and O–H groups in total. The molecule has 0 saturated heterocycles. The van der Waals surface area contributed by atoms with E-state index in [0.717, 1.165) is 0 Å². The predicted molar refractivity (Wildman–Crippen MR) is 171 cm³/mol. The number of allylic oxidation sites excluding steroid dienone is 1. The van der Waals surface area contributed by atoms with Crippen molar-refractivity contribution in [3.8, 4) is 23.0 Å². The van der Waals surface area contributed by atoms with E-state index < -0.39 is 16.8 Å². The van der Waals surface area contributed by atoms with Crippen LogP contribution in [0.15, 0.2) is 27.3 Å². The Bertz CT molecular complexity index is 2160. The van der Waals surface area contributed by atoms with Crippen molar-refractivity contribution in [3.05, 3.63) is 49.3 Å². The third-order valence-corrected chi connectivity index (χ3v) is 8.51. The lowest BCUT2D eigenvalue weighted by molar-refractivity contribution is -0.117. The maximum Gasteiger partial charge on any atom is 0.194 e. The van der Waals surface area contributed by atoms with Gasteiger partial charge in [0.15, 0.2) is 16.6 Å². The van der Waals surface area contributed by atoms with Crippen LogP contribution in [0.1, 0.15) is 30.9 Å². The number of aliphatic hydroxyl groups is 2. The second-order valence-electron chi connectivity index (χ2n) is 10.8. The van der Waals surface area contributed by atoms with Crippen LogP contribution in [0.4, 0.5) is 11.4 Å². The molecular formula is C33H32N2O9. The van der Waals surface area contributed by atoms with Gasteiger partial charge in [-0.3, -0.25) is 14.4 Å². The zero-order valence-electron chi connectivity index (χ0n) is 24.9. The van der Waals surface area contributed by atoms with Crippen molar-refractivity contribution in [2.75, 3.05) is 58.3 Å². The minimum atomic E-state index is -0.845. The molecule has 0 amide bonds. The number of rotatable bonds is 10. The number of ether oxygens (including phenoxy) is 3. The molecular weight excluding hydrogens is 568 g/mol. The standard InChI is InChI=1S/C33H32N2O9/c1-13-10-15-21-26-23(32(41)30(15)34-6-8-36)17(40)12-19(43-4)24(26)25-18(42-3)11-16(39)22-28(25)27(21)29(20(13)14(2)38)33(44-5)31(22)35-7-9-37/h10-12,20,34-37,41H,6-9H2,1-5H3. The number of phenolic OH excluding ortho intramolecular Hbond substituents is 1. The van der Waals surface area contributed by atoms with E-state index in [1.54, 1.807) is 13.0 Å². The quantitative estimate of drug-likeness (QED) is 0.0905. The van der Waals surface area contributed by atoms with Crippen molar-refractivity contribution in [2.24, 2.45) is 0 Å². The summed E-state index contributed by atoms with van der Waals surface area (Å²) in [6.07, 6.45) is 1.78. The molecule has 0 radical (unpaired) electrons. The van der Waals surface area contributed by atoms with Gasteiger partial charge in [0.05, 0.1) is 62.6 Å². The van der Waals surface area contributed by atoms with Crippen LogP contribution in [0.2, 0.25) is 0 Å². The highest BCUT2D eigenvalue weighted by Crippen LogP contribution is 2.58. The molecule has 5 aromatic rings. The topological polar surface area (TPSA) is 164 Å². The first-order valence-electron chi connectivity index (χ1n) is 14.1. The summed E-state index contributed by atoms with van der Waals surface area (Å²) in [7, 11) is 4.30. The minimum absolute atomic E-state index is 0.00627. The first-order valence-corrected chi connectivity index (χ1v) is 14.1. The Morgan fingerprint density at radius 1 is 0.773 bits per heavy atom. The van der Waals surface area contributed by atoms with Crippen LogP contribution < -0.4 is 35.7 Å². The van der Waals surface area contributed by atoms with Gasteiger partial charge in [-0.1, -0.05) is 11.6 Å². The van der Waals surface area contributed by atoms with Gasteiger partial charge < -0.3 is 40.2 Å². The molecule has 1 aliphatic rings. The highest BCUT2D eigenvalue weighted by Gasteiger charge is 2.37. The SMILES string of the molecule is COc1c(NCCO)c2c(=O)cc(OC)c3c4c(OC)cc(=O)c5c(O)c(NCCO)c6c(c(c1C(C(C)=O)C(C)=C6)c23)c54. The van der Waals surface area contributed by atoms with Crippen LogP contribution in [0.5, 0.6) is 23.0 Å². The van der Waals surface area contributed by atoms with Gasteiger partial charge in [-0.2, -0.15) is 0 Å². The van der Waals surface area contributed by atoms with Gasteiger partial charge in [-0.25, -0.2) is 0 Å². The minimum Gasteiger partial charge on any atom is -0.505 e. The van der Waals surface area contributed by atoms with Crippen LogP contribution in [0.3, 0.4) is 0 Å². The third-order valence-electron chi connectivity index (χ3n) is 8.51. The zero-order valence-corrected chi connectivity index (χ0v) is 24.9. The summed E-state index contributed by atoms with van der Waals surface area (Å²) in [5, 5.41) is 40.3. The van der Waals surface area contributed by atoms with Crippen molar-refractivity contribution in [1.82, 2.24) is 0 Å². The summed E-state index contributed by atoms with van der Waals surface area (Å²) < 4.78 is 17.5. The smallest absolute Gasteiger partial charge is 0.194 e. The second-order valence-corrected chi connectivity index (χ2v) is 10.8. The molecule has 0 aromatic heterocycles. The summed E-state index contributed by atoms with van der Waals surface area (Å²) >= 11 is 0. The van der Waals surface area contributed by atoms with Crippen LogP contribution in [-0.4, -0.2) is 68.7 Å². The molecule has 11 heteroatoms. The molecule has 0 aliphatic heterocycles. The Morgan fingerprint density at radius 2 is 1.32 bits per heavy atom. The molecule has 0 heterocycles. The Balaban J connectivity index is 2.13. The fraction of sp³-hybridized carbons (Fsp3) is 0.303. The van der Waals surface area contributed by atoms with Gasteiger partial charge in [-0.05, 0) is 19.2 Å². The Kier molecular flexibility index (Phi) is 7.10. The molecule has 0 bridgehead atoms. The maximum atomic E-state index is 14.0. The monoisotopic (exact) mass is 600 g/mol. The number of carbonyl (C=O) groups is 1. The molecule has 1 unspecified atom stereocenters. The Labute approximate surface area is 250 Å². The molecule has 0 spiro atoms. The number of fused-ring (bicyclic) bond motifs is 1. The van der Waals surface area contributed by atoms with Gasteiger partial charge in [0.25, 0.3) is 0 Å². The number of Topliss-reactive ketones (excluding diaryl/α,β-unsaturated/α-hetero) is 1. The molecule has 228 valence electrons. The number of aromatic hydroxyl groups is 1. The number of hydrogen-bond donors (Lipinski definition) is 5. The molecule has 6 rings (SSSR count). The molecule has 5 aromatic carbocycles. The summed E-state index contributed by atoms with van der Waals surface area (Å²) in [6.45, 7) is 2.93. The number of phenols is 1. The van der Waals surface area contributed by atoms with Gasteiger partial charge >= 0.3 is 0 Å². The van der Waals surface area contributed by atoms with E-state index in [9.17, 15) is 29.7 Å². The normalized spacial score (nSPS) is 14.4. The van der Waals surface area contributed by atoms with Crippen LogP contribution in [0, 0.1) is 0 Å². The van der Waals surface area contributed by atoms with E-state index in [4.69, 9.17) is 14.2 Å².